The van der Waals surface area contributed by atoms with E-state index >= 15 is 0 Å². The van der Waals surface area contributed by atoms with Crippen LogP contribution in [0.4, 0.5) is 0 Å². The Morgan fingerprint density at radius 1 is 1.56 bits per heavy atom. The highest BCUT2D eigenvalue weighted by atomic mass is 32.2. The molecular weight excluding hydrogens is 270 g/mol. The van der Waals surface area contributed by atoms with Crippen LogP contribution in [0, 0.1) is 6.92 Å². The lowest BCUT2D eigenvalue weighted by Crippen LogP contribution is -2.32. The molecule has 0 spiro atoms. The molecule has 0 saturated carbocycles. The maximum Gasteiger partial charge on any atom is 0.244 e. The molecule has 0 bridgehead atoms. The van der Waals surface area contributed by atoms with E-state index in [1.165, 1.54) is 15.6 Å². The van der Waals surface area contributed by atoms with Crippen molar-refractivity contribution in [1.82, 2.24) is 4.31 Å². The lowest BCUT2D eigenvalue weighted by atomic mass is 10.4. The largest absolute Gasteiger partial charge is 0.391 e. The van der Waals surface area contributed by atoms with Gasteiger partial charge in [0.2, 0.25) is 10.0 Å². The van der Waals surface area contributed by atoms with Crippen LogP contribution < -0.4 is 0 Å². The molecule has 1 aromatic heterocycles. The number of hydrogen-bond acceptors (Lipinski definition) is 4. The first-order chi connectivity index (χ1) is 8.47. The molecule has 0 saturated heterocycles. The number of aliphatic hydroxyl groups is 1. The number of rotatable bonds is 7. The van der Waals surface area contributed by atoms with Crippen molar-refractivity contribution in [3.05, 3.63) is 28.5 Å². The van der Waals surface area contributed by atoms with Gasteiger partial charge < -0.3 is 5.11 Å². The summed E-state index contributed by atoms with van der Waals surface area (Å²) in [6.45, 7) is 7.93. The number of nitrogens with zero attached hydrogens (tertiary/aromatic N) is 1. The summed E-state index contributed by atoms with van der Waals surface area (Å²) in [5.41, 5.74) is 0. The summed E-state index contributed by atoms with van der Waals surface area (Å²) in [7, 11) is -3.48. The first-order valence-electron chi connectivity index (χ1n) is 5.78. The predicted molar refractivity (Wildman–Crippen MR) is 74.2 cm³/mol. The summed E-state index contributed by atoms with van der Waals surface area (Å²) in [5.74, 6) is 0. The number of sulfonamides is 1. The monoisotopic (exact) mass is 289 g/mol. The van der Waals surface area contributed by atoms with Crippen LogP contribution in [0.15, 0.2) is 23.6 Å². The second kappa shape index (κ2) is 6.47. The Morgan fingerprint density at radius 3 is 2.67 bits per heavy atom. The van der Waals surface area contributed by atoms with Gasteiger partial charge in [-0.25, -0.2) is 8.42 Å². The van der Waals surface area contributed by atoms with Crippen molar-refractivity contribution in [1.29, 1.82) is 0 Å². The molecule has 18 heavy (non-hydrogen) atoms. The summed E-state index contributed by atoms with van der Waals surface area (Å²) in [6, 6.07) is 1.56. The van der Waals surface area contributed by atoms with Gasteiger partial charge in [0.1, 0.15) is 0 Å². The van der Waals surface area contributed by atoms with E-state index in [0.717, 1.165) is 6.42 Å². The standard InChI is InChI=1S/C12H19NO3S2/c1-4-6-13(7-5-2)18(15,16)12-8-11(9-14)17-10(12)3/h4,8,14H,1,5-7,9H2,2-3H3. The van der Waals surface area contributed by atoms with E-state index in [9.17, 15) is 8.42 Å². The van der Waals surface area contributed by atoms with Crippen LogP contribution in [0.1, 0.15) is 23.1 Å². The summed E-state index contributed by atoms with van der Waals surface area (Å²) in [6.07, 6.45) is 2.34. The van der Waals surface area contributed by atoms with Crippen LogP contribution in [0.5, 0.6) is 0 Å². The Hall–Kier alpha value is -0.690. The quantitative estimate of drug-likeness (QED) is 0.782. The van der Waals surface area contributed by atoms with Crippen molar-refractivity contribution >= 4 is 21.4 Å². The molecule has 0 aliphatic carbocycles. The van der Waals surface area contributed by atoms with Crippen molar-refractivity contribution in [2.45, 2.75) is 31.8 Å². The fourth-order valence-electron chi connectivity index (χ4n) is 1.70. The van der Waals surface area contributed by atoms with Crippen molar-refractivity contribution in [2.24, 2.45) is 0 Å². The van der Waals surface area contributed by atoms with Gasteiger partial charge >= 0.3 is 0 Å². The zero-order chi connectivity index (χ0) is 13.8. The van der Waals surface area contributed by atoms with Crippen LogP contribution in [-0.2, 0) is 16.6 Å². The van der Waals surface area contributed by atoms with Gasteiger partial charge in [-0.15, -0.1) is 17.9 Å². The highest BCUT2D eigenvalue weighted by Crippen LogP contribution is 2.28. The molecule has 6 heteroatoms. The molecule has 1 heterocycles. The smallest absolute Gasteiger partial charge is 0.244 e. The molecule has 102 valence electrons. The van der Waals surface area contributed by atoms with Crippen LogP contribution in [0.2, 0.25) is 0 Å². The zero-order valence-corrected chi connectivity index (χ0v) is 12.4. The maximum absolute atomic E-state index is 12.5. The summed E-state index contributed by atoms with van der Waals surface area (Å²) < 4.78 is 26.3. The van der Waals surface area contributed by atoms with E-state index in [0.29, 0.717) is 27.7 Å². The zero-order valence-electron chi connectivity index (χ0n) is 10.7. The Labute approximate surface area is 113 Å². The van der Waals surface area contributed by atoms with Gasteiger partial charge in [-0.2, -0.15) is 4.31 Å². The molecule has 0 amide bonds. The second-order valence-corrected chi connectivity index (χ2v) is 7.19. The third kappa shape index (κ3) is 3.20. The Bertz CT molecular complexity index is 505. The lowest BCUT2D eigenvalue weighted by molar-refractivity contribution is 0.285. The van der Waals surface area contributed by atoms with Crippen molar-refractivity contribution in [3.8, 4) is 0 Å². The van der Waals surface area contributed by atoms with Gasteiger partial charge in [0, 0.05) is 22.8 Å². The SMILES string of the molecule is C=CCN(CCC)S(=O)(=O)c1cc(CO)sc1C. The van der Waals surface area contributed by atoms with Gasteiger partial charge in [0.15, 0.2) is 0 Å². The molecule has 0 unspecified atom stereocenters. The molecule has 0 aliphatic heterocycles. The predicted octanol–water partition coefficient (Wildman–Crippen LogP) is 2.14. The van der Waals surface area contributed by atoms with Gasteiger partial charge in [-0.05, 0) is 19.4 Å². The van der Waals surface area contributed by atoms with Gasteiger partial charge in [-0.1, -0.05) is 13.0 Å². The van der Waals surface area contributed by atoms with Crippen LogP contribution in [0.25, 0.3) is 0 Å². The number of thiophene rings is 1. The maximum atomic E-state index is 12.5. The first-order valence-corrected chi connectivity index (χ1v) is 8.04. The molecule has 1 N–H and O–H groups in total. The number of hydrogen-bond donors (Lipinski definition) is 1. The molecule has 1 rings (SSSR count). The molecule has 0 aromatic carbocycles. The third-order valence-electron chi connectivity index (χ3n) is 2.50. The first kappa shape index (κ1) is 15.4. The summed E-state index contributed by atoms with van der Waals surface area (Å²) >= 11 is 1.31. The minimum absolute atomic E-state index is 0.129. The van der Waals surface area contributed by atoms with E-state index in [1.807, 2.05) is 6.92 Å². The van der Waals surface area contributed by atoms with Crippen LogP contribution >= 0.6 is 11.3 Å². The normalized spacial score (nSPS) is 12.0. The third-order valence-corrected chi connectivity index (χ3v) is 5.66. The molecule has 0 radical (unpaired) electrons. The molecule has 0 fully saturated rings. The highest BCUT2D eigenvalue weighted by molar-refractivity contribution is 7.89. The van der Waals surface area contributed by atoms with Crippen LogP contribution in [0.3, 0.4) is 0 Å². The molecular formula is C12H19NO3S2. The summed E-state index contributed by atoms with van der Waals surface area (Å²) in [4.78, 5) is 1.68. The molecule has 0 aliphatic rings. The minimum Gasteiger partial charge on any atom is -0.391 e. The van der Waals surface area contributed by atoms with E-state index in [2.05, 4.69) is 6.58 Å². The number of aryl methyl sites for hydroxylation is 1. The van der Waals surface area contributed by atoms with Gasteiger partial charge in [-0.3, -0.25) is 0 Å². The topological polar surface area (TPSA) is 57.6 Å². The Kier molecular flexibility index (Phi) is 5.52. The molecule has 1 aromatic rings. The fraction of sp³-hybridized carbons (Fsp3) is 0.500. The number of aliphatic hydroxyl groups excluding tert-OH is 1. The lowest BCUT2D eigenvalue weighted by Gasteiger charge is -2.19. The highest BCUT2D eigenvalue weighted by Gasteiger charge is 2.26. The van der Waals surface area contributed by atoms with E-state index in [1.54, 1.807) is 19.1 Å². The minimum atomic E-state index is -3.48. The Balaban J connectivity index is 3.16. The molecule has 0 atom stereocenters. The Morgan fingerprint density at radius 2 is 2.22 bits per heavy atom. The van der Waals surface area contributed by atoms with Crippen molar-refractivity contribution in [2.75, 3.05) is 13.1 Å². The molecule has 4 nitrogen and oxygen atoms in total. The second-order valence-electron chi connectivity index (χ2n) is 3.94. The van der Waals surface area contributed by atoms with Crippen molar-refractivity contribution < 1.29 is 13.5 Å². The average molecular weight is 289 g/mol. The van der Waals surface area contributed by atoms with Crippen LogP contribution in [-0.4, -0.2) is 30.9 Å². The van der Waals surface area contributed by atoms with Crippen molar-refractivity contribution in [3.63, 3.8) is 0 Å². The average Bonchev–Trinajstić information content (AvgIpc) is 2.71. The van der Waals surface area contributed by atoms with E-state index < -0.39 is 10.0 Å². The van der Waals surface area contributed by atoms with Gasteiger partial charge in [0.05, 0.1) is 11.5 Å². The summed E-state index contributed by atoms with van der Waals surface area (Å²) in [5, 5.41) is 9.07. The fourth-order valence-corrected chi connectivity index (χ4v) is 4.67. The van der Waals surface area contributed by atoms with E-state index in [4.69, 9.17) is 5.11 Å². The van der Waals surface area contributed by atoms with E-state index in [-0.39, 0.29) is 6.61 Å². The van der Waals surface area contributed by atoms with Gasteiger partial charge in [0.25, 0.3) is 0 Å².